The Labute approximate surface area is 204 Å². The molecular formula is C25H28Cl2N4O2. The molecule has 0 atom stereocenters. The average molecular weight is 487 g/mol. The molecule has 0 spiro atoms. The normalized spacial score (nSPS) is 11.1. The van der Waals surface area contributed by atoms with Crippen LogP contribution in [0, 0.1) is 0 Å². The molecule has 1 heterocycles. The summed E-state index contributed by atoms with van der Waals surface area (Å²) in [6.45, 7) is 2.94. The van der Waals surface area contributed by atoms with Gasteiger partial charge in [-0.15, -0.1) is 0 Å². The van der Waals surface area contributed by atoms with Crippen molar-refractivity contribution < 1.29 is 9.53 Å². The maximum absolute atomic E-state index is 12.3. The third-order valence-electron chi connectivity index (χ3n) is 5.09. The van der Waals surface area contributed by atoms with Gasteiger partial charge in [-0.2, -0.15) is 10.2 Å². The number of hydrazone groups is 1. The number of carbonyl (C=O) groups is 1. The number of rotatable bonds is 12. The Balaban J connectivity index is 1.48. The van der Waals surface area contributed by atoms with Crippen molar-refractivity contribution in [3.05, 3.63) is 69.8 Å². The van der Waals surface area contributed by atoms with Crippen molar-refractivity contribution in [2.75, 3.05) is 6.61 Å². The Morgan fingerprint density at radius 1 is 1.09 bits per heavy atom. The van der Waals surface area contributed by atoms with E-state index >= 15 is 0 Å². The van der Waals surface area contributed by atoms with Gasteiger partial charge in [-0.05, 0) is 42.8 Å². The zero-order valence-corrected chi connectivity index (χ0v) is 20.1. The first kappa shape index (κ1) is 24.8. The minimum atomic E-state index is -0.415. The van der Waals surface area contributed by atoms with E-state index in [0.29, 0.717) is 27.0 Å². The molecule has 0 unspecified atom stereocenters. The van der Waals surface area contributed by atoms with Crippen LogP contribution < -0.4 is 10.2 Å². The van der Waals surface area contributed by atoms with Gasteiger partial charge in [0.25, 0.3) is 5.91 Å². The van der Waals surface area contributed by atoms with Crippen molar-refractivity contribution >= 4 is 35.3 Å². The minimum Gasteiger partial charge on any atom is -0.494 e. The smallest absolute Gasteiger partial charge is 0.289 e. The van der Waals surface area contributed by atoms with Crippen molar-refractivity contribution in [2.45, 2.75) is 45.4 Å². The molecule has 174 valence electrons. The summed E-state index contributed by atoms with van der Waals surface area (Å²) in [5, 5.41) is 11.7. The number of aromatic amines is 1. The first-order chi connectivity index (χ1) is 16.1. The summed E-state index contributed by atoms with van der Waals surface area (Å²) in [7, 11) is 0. The lowest BCUT2D eigenvalue weighted by molar-refractivity contribution is 0.0950. The van der Waals surface area contributed by atoms with Gasteiger partial charge in [0.05, 0.1) is 28.6 Å². The number of nitrogens with zero attached hydrogens (tertiary/aromatic N) is 2. The third kappa shape index (κ3) is 7.62. The molecule has 2 aromatic carbocycles. The van der Waals surface area contributed by atoms with E-state index in [4.69, 9.17) is 27.9 Å². The highest BCUT2D eigenvalue weighted by Gasteiger charge is 2.11. The number of hydrogen-bond donors (Lipinski definition) is 2. The highest BCUT2D eigenvalue weighted by atomic mass is 35.5. The number of nitrogens with one attached hydrogen (secondary N) is 2. The van der Waals surface area contributed by atoms with E-state index in [1.54, 1.807) is 24.3 Å². The van der Waals surface area contributed by atoms with Gasteiger partial charge in [0, 0.05) is 11.1 Å². The number of H-pyrrole nitrogens is 1. The molecule has 3 aromatic rings. The number of aromatic nitrogens is 2. The van der Waals surface area contributed by atoms with Gasteiger partial charge in [0.1, 0.15) is 11.4 Å². The van der Waals surface area contributed by atoms with Crippen molar-refractivity contribution in [1.29, 1.82) is 0 Å². The summed E-state index contributed by atoms with van der Waals surface area (Å²) >= 11 is 12.1. The number of hydrogen-bond acceptors (Lipinski definition) is 4. The minimum absolute atomic E-state index is 0.294. The maximum atomic E-state index is 12.3. The van der Waals surface area contributed by atoms with Crippen LogP contribution in [0.2, 0.25) is 10.0 Å². The molecule has 1 aromatic heterocycles. The molecule has 0 bridgehead atoms. The number of unbranched alkanes of at least 4 members (excludes halogenated alkanes) is 5. The molecule has 0 aliphatic heterocycles. The fourth-order valence-electron chi connectivity index (χ4n) is 3.22. The predicted molar refractivity (Wildman–Crippen MR) is 134 cm³/mol. The lowest BCUT2D eigenvalue weighted by atomic mass is 10.1. The Morgan fingerprint density at radius 2 is 1.85 bits per heavy atom. The summed E-state index contributed by atoms with van der Waals surface area (Å²) in [6.07, 6.45) is 8.85. The zero-order valence-electron chi connectivity index (χ0n) is 18.6. The Morgan fingerprint density at radius 3 is 2.64 bits per heavy atom. The monoisotopic (exact) mass is 486 g/mol. The van der Waals surface area contributed by atoms with Gasteiger partial charge in [0.2, 0.25) is 0 Å². The quantitative estimate of drug-likeness (QED) is 0.166. The van der Waals surface area contributed by atoms with Crippen LogP contribution in [0.5, 0.6) is 5.75 Å². The topological polar surface area (TPSA) is 79.4 Å². The fraction of sp³-hybridized carbons (Fsp3) is 0.320. The summed E-state index contributed by atoms with van der Waals surface area (Å²) in [5.74, 6) is 0.414. The zero-order chi connectivity index (χ0) is 23.5. The standard InChI is InChI=1S/C25H28Cl2N4O2/c1-2-3-4-5-6-7-15-33-20-13-11-18(12-14-20)22-16-23(30-29-22)25(32)31-28-17-19-9-8-10-21(26)24(19)27/h8-14,16-17H,2-7,15H2,1H3,(H,29,30)(H,31,32)/b28-17+. The molecule has 2 N–H and O–H groups in total. The molecule has 33 heavy (non-hydrogen) atoms. The SMILES string of the molecule is CCCCCCCCOc1ccc(-c2cc(C(=O)N/N=C/c3cccc(Cl)c3Cl)[nH]n2)cc1. The van der Waals surface area contributed by atoms with Crippen LogP contribution in [0.1, 0.15) is 61.5 Å². The Bertz CT molecular complexity index is 1060. The van der Waals surface area contributed by atoms with Crippen molar-refractivity contribution in [3.8, 4) is 17.0 Å². The molecule has 0 fully saturated rings. The van der Waals surface area contributed by atoms with E-state index in [2.05, 4.69) is 27.6 Å². The van der Waals surface area contributed by atoms with Gasteiger partial charge in [-0.1, -0.05) is 74.4 Å². The third-order valence-corrected chi connectivity index (χ3v) is 5.92. The van der Waals surface area contributed by atoms with Crippen LogP contribution in [-0.2, 0) is 0 Å². The van der Waals surface area contributed by atoms with Crippen LogP contribution in [0.4, 0.5) is 0 Å². The summed E-state index contributed by atoms with van der Waals surface area (Å²) in [6, 6.07) is 14.5. The number of carbonyl (C=O) groups excluding carboxylic acids is 1. The van der Waals surface area contributed by atoms with Gasteiger partial charge >= 0.3 is 0 Å². The second kappa shape index (κ2) is 13.0. The number of halogens is 2. The number of benzene rings is 2. The second-order valence-corrected chi connectivity index (χ2v) is 8.43. The Hall–Kier alpha value is -2.83. The second-order valence-electron chi connectivity index (χ2n) is 7.65. The van der Waals surface area contributed by atoms with E-state index < -0.39 is 5.91 Å². The molecule has 3 rings (SSSR count). The first-order valence-electron chi connectivity index (χ1n) is 11.1. The first-order valence-corrected chi connectivity index (χ1v) is 11.9. The van der Waals surface area contributed by atoms with E-state index in [1.807, 2.05) is 24.3 Å². The van der Waals surface area contributed by atoms with Crippen molar-refractivity contribution in [1.82, 2.24) is 15.6 Å². The molecule has 6 nitrogen and oxygen atoms in total. The molecule has 0 radical (unpaired) electrons. The largest absolute Gasteiger partial charge is 0.494 e. The lowest BCUT2D eigenvalue weighted by Gasteiger charge is -2.06. The van der Waals surface area contributed by atoms with Crippen LogP contribution in [0.3, 0.4) is 0 Å². The van der Waals surface area contributed by atoms with Crippen LogP contribution in [0.15, 0.2) is 53.6 Å². The molecule has 8 heteroatoms. The molecule has 0 saturated carbocycles. The van der Waals surface area contributed by atoms with Crippen molar-refractivity contribution in [3.63, 3.8) is 0 Å². The van der Waals surface area contributed by atoms with Gasteiger partial charge < -0.3 is 4.74 Å². The number of amides is 1. The molecule has 0 aliphatic carbocycles. The van der Waals surface area contributed by atoms with Crippen molar-refractivity contribution in [2.24, 2.45) is 5.10 Å². The highest BCUT2D eigenvalue weighted by Crippen LogP contribution is 2.24. The van der Waals surface area contributed by atoms with E-state index in [9.17, 15) is 4.79 Å². The summed E-state index contributed by atoms with van der Waals surface area (Å²) in [4.78, 5) is 12.3. The van der Waals surface area contributed by atoms with Crippen LogP contribution in [-0.4, -0.2) is 28.9 Å². The summed E-state index contributed by atoms with van der Waals surface area (Å²) < 4.78 is 5.82. The molecule has 1 amide bonds. The number of ether oxygens (including phenoxy) is 1. The molecule has 0 aliphatic rings. The van der Waals surface area contributed by atoms with Gasteiger partial charge in [-0.25, -0.2) is 5.43 Å². The van der Waals surface area contributed by atoms with E-state index in [-0.39, 0.29) is 0 Å². The van der Waals surface area contributed by atoms with Gasteiger partial charge in [0.15, 0.2) is 0 Å². The van der Waals surface area contributed by atoms with Crippen LogP contribution >= 0.6 is 23.2 Å². The fourth-order valence-corrected chi connectivity index (χ4v) is 3.58. The highest BCUT2D eigenvalue weighted by molar-refractivity contribution is 6.43. The van der Waals surface area contributed by atoms with Crippen LogP contribution in [0.25, 0.3) is 11.3 Å². The van der Waals surface area contributed by atoms with Gasteiger partial charge in [-0.3, -0.25) is 9.89 Å². The summed E-state index contributed by atoms with van der Waals surface area (Å²) in [5.41, 5.74) is 4.89. The Kier molecular flexibility index (Phi) is 9.78. The van der Waals surface area contributed by atoms with E-state index in [1.165, 1.54) is 38.3 Å². The van der Waals surface area contributed by atoms with E-state index in [0.717, 1.165) is 24.3 Å². The average Bonchev–Trinajstić information content (AvgIpc) is 3.32. The molecule has 0 saturated heterocycles. The lowest BCUT2D eigenvalue weighted by Crippen LogP contribution is -2.18. The predicted octanol–water partition coefficient (Wildman–Crippen LogP) is 6.89. The maximum Gasteiger partial charge on any atom is 0.289 e. The molecular weight excluding hydrogens is 459 g/mol.